The summed E-state index contributed by atoms with van der Waals surface area (Å²) < 4.78 is 0.971. The van der Waals surface area contributed by atoms with Crippen molar-refractivity contribution in [3.05, 3.63) is 30.3 Å². The summed E-state index contributed by atoms with van der Waals surface area (Å²) in [6.45, 7) is 0. The lowest BCUT2D eigenvalue weighted by Gasteiger charge is -2.04. The number of hydrogen-bond donors (Lipinski definition) is 1. The van der Waals surface area contributed by atoms with Crippen molar-refractivity contribution >= 4 is 55.6 Å². The number of nitrogens with one attached hydrogen (secondary N) is 1. The van der Waals surface area contributed by atoms with E-state index in [0.29, 0.717) is 8.04 Å². The van der Waals surface area contributed by atoms with E-state index in [-0.39, 0.29) is 11.4 Å². The van der Waals surface area contributed by atoms with Crippen LogP contribution in [0.15, 0.2) is 21.7 Å². The standard InChI is InChI=1S/C9H3BrIN5O2/c10-6-1-2-7(9(8(6)11)16(17)18)15-14-5(3-12)4-13/h1-2,15H. The molecule has 0 atom stereocenters. The van der Waals surface area contributed by atoms with Gasteiger partial charge in [0.05, 0.1) is 4.92 Å². The molecule has 0 aliphatic heterocycles. The molecule has 1 rings (SSSR count). The van der Waals surface area contributed by atoms with E-state index in [1.54, 1.807) is 18.2 Å². The Hall–Kier alpha value is -1.72. The van der Waals surface area contributed by atoms with Gasteiger partial charge in [-0.05, 0) is 50.7 Å². The van der Waals surface area contributed by atoms with Gasteiger partial charge in [-0.25, -0.2) is 0 Å². The molecule has 1 aromatic rings. The summed E-state index contributed by atoms with van der Waals surface area (Å²) in [6.07, 6.45) is 0. The van der Waals surface area contributed by atoms with Crippen molar-refractivity contribution in [2.75, 3.05) is 5.43 Å². The van der Waals surface area contributed by atoms with Gasteiger partial charge in [0.25, 0.3) is 0 Å². The van der Waals surface area contributed by atoms with Crippen molar-refractivity contribution in [3.63, 3.8) is 0 Å². The lowest BCUT2D eigenvalue weighted by Crippen LogP contribution is -2.01. The Bertz CT molecular complexity index is 601. The minimum Gasteiger partial charge on any atom is -0.270 e. The van der Waals surface area contributed by atoms with Crippen molar-refractivity contribution in [1.29, 1.82) is 10.5 Å². The van der Waals surface area contributed by atoms with Gasteiger partial charge in [0.15, 0.2) is 0 Å². The first kappa shape index (κ1) is 14.3. The fourth-order valence-corrected chi connectivity index (χ4v) is 1.99. The maximum Gasteiger partial charge on any atom is 0.308 e. The van der Waals surface area contributed by atoms with Crippen molar-refractivity contribution in [2.45, 2.75) is 0 Å². The van der Waals surface area contributed by atoms with Crippen LogP contribution in [0.1, 0.15) is 0 Å². The van der Waals surface area contributed by atoms with E-state index >= 15 is 0 Å². The molecule has 1 N–H and O–H groups in total. The van der Waals surface area contributed by atoms with Crippen LogP contribution in [0.2, 0.25) is 0 Å². The van der Waals surface area contributed by atoms with Crippen LogP contribution >= 0.6 is 38.5 Å². The molecule has 0 amide bonds. The molecule has 0 radical (unpaired) electrons. The van der Waals surface area contributed by atoms with Gasteiger partial charge < -0.3 is 0 Å². The Morgan fingerprint density at radius 3 is 2.61 bits per heavy atom. The van der Waals surface area contributed by atoms with Gasteiger partial charge in [0.2, 0.25) is 5.71 Å². The highest BCUT2D eigenvalue weighted by Gasteiger charge is 2.20. The number of hydrazone groups is 1. The first-order valence-corrected chi connectivity index (χ1v) is 6.14. The lowest BCUT2D eigenvalue weighted by molar-refractivity contribution is -0.384. The van der Waals surface area contributed by atoms with Crippen LogP contribution in [0.25, 0.3) is 0 Å². The third-order valence-corrected chi connectivity index (χ3v) is 4.25. The number of halogens is 2. The summed E-state index contributed by atoms with van der Waals surface area (Å²) in [7, 11) is 0. The Morgan fingerprint density at radius 2 is 2.11 bits per heavy atom. The van der Waals surface area contributed by atoms with Crippen molar-refractivity contribution in [3.8, 4) is 12.1 Å². The number of hydrogen-bond acceptors (Lipinski definition) is 6. The number of anilines is 1. The van der Waals surface area contributed by atoms with E-state index in [1.165, 1.54) is 6.07 Å². The van der Waals surface area contributed by atoms with Crippen molar-refractivity contribution < 1.29 is 4.92 Å². The smallest absolute Gasteiger partial charge is 0.270 e. The second-order valence-electron chi connectivity index (χ2n) is 2.81. The first-order valence-electron chi connectivity index (χ1n) is 4.27. The Morgan fingerprint density at radius 1 is 1.50 bits per heavy atom. The molecule has 0 bridgehead atoms. The molecule has 0 aliphatic carbocycles. The highest BCUT2D eigenvalue weighted by molar-refractivity contribution is 14.1. The molecular weight excluding hydrogens is 417 g/mol. The largest absolute Gasteiger partial charge is 0.308 e. The molecule has 18 heavy (non-hydrogen) atoms. The minimum absolute atomic E-state index is 0.107. The molecule has 0 saturated carbocycles. The van der Waals surface area contributed by atoms with E-state index in [0.717, 1.165) is 0 Å². The van der Waals surface area contributed by atoms with Gasteiger partial charge in [-0.3, -0.25) is 15.5 Å². The molecule has 0 saturated heterocycles. The zero-order valence-corrected chi connectivity index (χ0v) is 12.3. The third-order valence-electron chi connectivity index (χ3n) is 1.75. The van der Waals surface area contributed by atoms with Gasteiger partial charge in [0.1, 0.15) is 21.4 Å². The first-order chi connectivity index (χ1) is 8.51. The monoisotopic (exact) mass is 419 g/mol. The minimum atomic E-state index is -0.567. The van der Waals surface area contributed by atoms with Crippen LogP contribution in [-0.2, 0) is 0 Å². The zero-order valence-electron chi connectivity index (χ0n) is 8.52. The quantitative estimate of drug-likeness (QED) is 0.350. The molecule has 0 aromatic heterocycles. The summed E-state index contributed by atoms with van der Waals surface area (Å²) in [6, 6.07) is 6.12. The maximum absolute atomic E-state index is 10.9. The fraction of sp³-hybridized carbons (Fsp3) is 0. The van der Waals surface area contributed by atoms with Crippen LogP contribution in [0.3, 0.4) is 0 Å². The molecular formula is C9H3BrIN5O2. The molecule has 1 aromatic carbocycles. The topological polar surface area (TPSA) is 115 Å². The number of nitro benzene ring substituents is 1. The second-order valence-corrected chi connectivity index (χ2v) is 4.74. The summed E-state index contributed by atoms with van der Waals surface area (Å²) in [4.78, 5) is 10.4. The number of nitriles is 2. The third kappa shape index (κ3) is 3.15. The molecule has 7 nitrogen and oxygen atoms in total. The molecule has 0 heterocycles. The Labute approximate surface area is 124 Å². The second kappa shape index (κ2) is 6.28. The molecule has 0 aliphatic rings. The zero-order chi connectivity index (χ0) is 13.7. The Balaban J connectivity index is 3.24. The number of nitro groups is 1. The summed E-state index contributed by atoms with van der Waals surface area (Å²) in [5, 5.41) is 31.4. The highest BCUT2D eigenvalue weighted by Crippen LogP contribution is 2.35. The van der Waals surface area contributed by atoms with Gasteiger partial charge >= 0.3 is 5.69 Å². The van der Waals surface area contributed by atoms with Crippen molar-refractivity contribution in [1.82, 2.24) is 0 Å². The number of benzene rings is 1. The van der Waals surface area contributed by atoms with Crippen LogP contribution in [0, 0.1) is 36.3 Å². The van der Waals surface area contributed by atoms with Crippen LogP contribution in [0.5, 0.6) is 0 Å². The predicted octanol–water partition coefficient (Wildman–Crippen LogP) is 2.78. The van der Waals surface area contributed by atoms with E-state index in [4.69, 9.17) is 10.5 Å². The average Bonchev–Trinajstić information content (AvgIpc) is 2.34. The highest BCUT2D eigenvalue weighted by atomic mass is 127. The van der Waals surface area contributed by atoms with E-state index < -0.39 is 10.6 Å². The molecule has 0 unspecified atom stereocenters. The average molecular weight is 420 g/mol. The maximum atomic E-state index is 10.9. The van der Waals surface area contributed by atoms with Crippen LogP contribution in [0.4, 0.5) is 11.4 Å². The number of nitrogens with zero attached hydrogens (tertiary/aromatic N) is 4. The molecule has 0 fully saturated rings. The Kier molecular flexibility index (Phi) is 5.00. The molecule has 0 spiro atoms. The lowest BCUT2D eigenvalue weighted by atomic mass is 10.3. The molecule has 90 valence electrons. The number of rotatable bonds is 3. The van der Waals surface area contributed by atoms with Crippen molar-refractivity contribution in [2.24, 2.45) is 5.10 Å². The molecule has 9 heteroatoms. The predicted molar refractivity (Wildman–Crippen MR) is 75.8 cm³/mol. The van der Waals surface area contributed by atoms with E-state index in [9.17, 15) is 10.1 Å². The van der Waals surface area contributed by atoms with Crippen LogP contribution < -0.4 is 5.43 Å². The summed E-state index contributed by atoms with van der Waals surface area (Å²) in [5.41, 5.74) is 1.86. The summed E-state index contributed by atoms with van der Waals surface area (Å²) in [5.74, 6) is 0. The van der Waals surface area contributed by atoms with Gasteiger partial charge in [-0.2, -0.15) is 15.6 Å². The summed E-state index contributed by atoms with van der Waals surface area (Å²) >= 11 is 4.99. The van der Waals surface area contributed by atoms with E-state index in [2.05, 4.69) is 26.5 Å². The fourth-order valence-electron chi connectivity index (χ4n) is 1.000. The van der Waals surface area contributed by atoms with E-state index in [1.807, 2.05) is 22.6 Å². The van der Waals surface area contributed by atoms with Gasteiger partial charge in [-0.15, -0.1) is 0 Å². The van der Waals surface area contributed by atoms with Crippen LogP contribution in [-0.4, -0.2) is 10.6 Å². The SMILES string of the molecule is N#CC(C#N)=NNc1ccc(Br)c(I)c1[N+](=O)[O-]. The van der Waals surface area contributed by atoms with Gasteiger partial charge in [-0.1, -0.05) is 0 Å². The van der Waals surface area contributed by atoms with Gasteiger partial charge in [0, 0.05) is 4.47 Å². The normalized spacial score (nSPS) is 8.89.